The molecule has 1 aromatic heterocycles. The molecule has 2 rings (SSSR count). The Labute approximate surface area is 132 Å². The van der Waals surface area contributed by atoms with E-state index in [2.05, 4.69) is 15.7 Å². The van der Waals surface area contributed by atoms with Crippen molar-refractivity contribution in [3.05, 3.63) is 11.4 Å². The lowest BCUT2D eigenvalue weighted by Gasteiger charge is -2.38. The number of rotatable bonds is 4. The number of carbonyl (C=O) groups excluding carboxylic acids is 1. The van der Waals surface area contributed by atoms with Crippen LogP contribution in [0.25, 0.3) is 0 Å². The topological polar surface area (TPSA) is 79.2 Å². The zero-order valence-electron chi connectivity index (χ0n) is 14.1. The molecule has 1 aromatic rings. The van der Waals surface area contributed by atoms with Crippen molar-refractivity contribution in [1.82, 2.24) is 15.1 Å². The molecule has 2 atom stereocenters. The second-order valence-electron chi connectivity index (χ2n) is 6.58. The second-order valence-corrected chi connectivity index (χ2v) is 6.58. The molecule has 2 amide bonds. The Morgan fingerprint density at radius 1 is 1.45 bits per heavy atom. The second kappa shape index (κ2) is 6.69. The van der Waals surface area contributed by atoms with Crippen LogP contribution in [-0.2, 0) is 6.54 Å². The van der Waals surface area contributed by atoms with E-state index in [0.717, 1.165) is 49.3 Å². The van der Waals surface area contributed by atoms with E-state index in [1.165, 1.54) is 0 Å². The highest BCUT2D eigenvalue weighted by atomic mass is 16.3. The highest BCUT2D eigenvalue weighted by Gasteiger charge is 2.35. The van der Waals surface area contributed by atoms with Crippen LogP contribution in [0.5, 0.6) is 0 Å². The van der Waals surface area contributed by atoms with Crippen molar-refractivity contribution in [3.8, 4) is 0 Å². The molecule has 1 fully saturated rings. The minimum atomic E-state index is -0.340. The summed E-state index contributed by atoms with van der Waals surface area (Å²) in [5.74, 6) is 0. The Morgan fingerprint density at radius 2 is 2.18 bits per heavy atom. The molecule has 1 saturated carbocycles. The summed E-state index contributed by atoms with van der Waals surface area (Å²) < 4.78 is 1.87. The van der Waals surface area contributed by atoms with Gasteiger partial charge < -0.3 is 15.7 Å². The SMILES string of the molecule is CCn1nc(C)c(NC(=O)NCC2(C)CCCCC2O)c1C. The monoisotopic (exact) mass is 308 g/mol. The van der Waals surface area contributed by atoms with Gasteiger partial charge in [0.2, 0.25) is 0 Å². The van der Waals surface area contributed by atoms with Gasteiger partial charge in [0.25, 0.3) is 0 Å². The van der Waals surface area contributed by atoms with E-state index in [9.17, 15) is 9.90 Å². The van der Waals surface area contributed by atoms with E-state index in [0.29, 0.717) is 6.54 Å². The molecule has 1 aliphatic carbocycles. The van der Waals surface area contributed by atoms with Crippen LogP contribution in [0.4, 0.5) is 10.5 Å². The van der Waals surface area contributed by atoms with Crippen molar-refractivity contribution in [2.45, 2.75) is 66.0 Å². The van der Waals surface area contributed by atoms with E-state index in [4.69, 9.17) is 0 Å². The van der Waals surface area contributed by atoms with Crippen LogP contribution in [0.1, 0.15) is 50.9 Å². The summed E-state index contributed by atoms with van der Waals surface area (Å²) in [5.41, 5.74) is 2.32. The van der Waals surface area contributed by atoms with Gasteiger partial charge in [-0.2, -0.15) is 5.10 Å². The van der Waals surface area contributed by atoms with Crippen LogP contribution in [0.2, 0.25) is 0 Å². The van der Waals surface area contributed by atoms with E-state index in [1.807, 2.05) is 32.4 Å². The van der Waals surface area contributed by atoms with Crippen molar-refractivity contribution in [3.63, 3.8) is 0 Å². The predicted molar refractivity (Wildman–Crippen MR) is 87.0 cm³/mol. The number of aliphatic hydroxyl groups is 1. The van der Waals surface area contributed by atoms with Gasteiger partial charge in [-0.1, -0.05) is 19.8 Å². The molecule has 124 valence electrons. The minimum Gasteiger partial charge on any atom is -0.392 e. The molecule has 3 N–H and O–H groups in total. The number of carbonyl (C=O) groups is 1. The molecular weight excluding hydrogens is 280 g/mol. The molecule has 6 heteroatoms. The first kappa shape index (κ1) is 16.8. The van der Waals surface area contributed by atoms with Crippen molar-refractivity contribution in [1.29, 1.82) is 0 Å². The fraction of sp³-hybridized carbons (Fsp3) is 0.750. The van der Waals surface area contributed by atoms with Crippen LogP contribution in [0.3, 0.4) is 0 Å². The maximum Gasteiger partial charge on any atom is 0.319 e. The van der Waals surface area contributed by atoms with Crippen molar-refractivity contribution in [2.75, 3.05) is 11.9 Å². The Hall–Kier alpha value is -1.56. The molecule has 0 bridgehead atoms. The van der Waals surface area contributed by atoms with Gasteiger partial charge in [-0.3, -0.25) is 4.68 Å². The van der Waals surface area contributed by atoms with Gasteiger partial charge >= 0.3 is 6.03 Å². The minimum absolute atomic E-state index is 0.229. The van der Waals surface area contributed by atoms with Gasteiger partial charge in [-0.25, -0.2) is 4.79 Å². The highest BCUT2D eigenvalue weighted by molar-refractivity contribution is 5.90. The fourth-order valence-corrected chi connectivity index (χ4v) is 3.21. The number of urea groups is 1. The zero-order chi connectivity index (χ0) is 16.3. The standard InChI is InChI=1S/C16H28N4O2/c1-5-20-12(3)14(11(2)19-20)18-15(22)17-10-16(4)9-7-6-8-13(16)21/h13,21H,5-10H2,1-4H3,(H2,17,18,22). The highest BCUT2D eigenvalue weighted by Crippen LogP contribution is 2.35. The fourth-order valence-electron chi connectivity index (χ4n) is 3.21. The molecule has 6 nitrogen and oxygen atoms in total. The lowest BCUT2D eigenvalue weighted by molar-refractivity contribution is 0.00333. The van der Waals surface area contributed by atoms with Gasteiger partial charge in [0, 0.05) is 18.5 Å². The largest absolute Gasteiger partial charge is 0.392 e. The predicted octanol–water partition coefficient (Wildman–Crippen LogP) is 2.58. The average Bonchev–Trinajstić information content (AvgIpc) is 2.76. The van der Waals surface area contributed by atoms with E-state index in [-0.39, 0.29) is 17.6 Å². The number of hydrogen-bond donors (Lipinski definition) is 3. The number of amides is 2. The maximum atomic E-state index is 12.2. The quantitative estimate of drug-likeness (QED) is 0.800. The smallest absolute Gasteiger partial charge is 0.319 e. The first-order valence-corrected chi connectivity index (χ1v) is 8.14. The van der Waals surface area contributed by atoms with Crippen LogP contribution in [0, 0.1) is 19.3 Å². The summed E-state index contributed by atoms with van der Waals surface area (Å²) in [6.45, 7) is 9.17. The number of aliphatic hydroxyl groups excluding tert-OH is 1. The maximum absolute atomic E-state index is 12.2. The Morgan fingerprint density at radius 3 is 2.77 bits per heavy atom. The van der Waals surface area contributed by atoms with Crippen LogP contribution in [0.15, 0.2) is 0 Å². The van der Waals surface area contributed by atoms with Gasteiger partial charge in [-0.05, 0) is 33.6 Å². The van der Waals surface area contributed by atoms with Crippen molar-refractivity contribution < 1.29 is 9.90 Å². The first-order chi connectivity index (χ1) is 10.4. The van der Waals surface area contributed by atoms with E-state index >= 15 is 0 Å². The Bertz CT molecular complexity index is 540. The third-order valence-corrected chi connectivity index (χ3v) is 4.85. The Balaban J connectivity index is 1.95. The normalized spacial score (nSPS) is 25.0. The third-order valence-electron chi connectivity index (χ3n) is 4.85. The molecule has 22 heavy (non-hydrogen) atoms. The number of nitrogens with one attached hydrogen (secondary N) is 2. The first-order valence-electron chi connectivity index (χ1n) is 8.14. The van der Waals surface area contributed by atoms with Gasteiger partial charge in [-0.15, -0.1) is 0 Å². The van der Waals surface area contributed by atoms with Gasteiger partial charge in [0.05, 0.1) is 23.2 Å². The number of hydrogen-bond acceptors (Lipinski definition) is 3. The summed E-state index contributed by atoms with van der Waals surface area (Å²) in [6.07, 6.45) is 3.60. The van der Waals surface area contributed by atoms with Crippen LogP contribution >= 0.6 is 0 Å². The van der Waals surface area contributed by atoms with Crippen molar-refractivity contribution in [2.24, 2.45) is 5.41 Å². The number of nitrogens with zero attached hydrogens (tertiary/aromatic N) is 2. The molecule has 0 aromatic carbocycles. The molecule has 0 spiro atoms. The summed E-state index contributed by atoms with van der Waals surface area (Å²) in [5, 5.41) is 20.4. The van der Waals surface area contributed by atoms with Crippen LogP contribution in [-0.4, -0.2) is 33.6 Å². The summed E-state index contributed by atoms with van der Waals surface area (Å²) in [4.78, 5) is 12.2. The molecular formula is C16H28N4O2. The molecule has 2 unspecified atom stereocenters. The number of aromatic nitrogens is 2. The molecule has 1 aliphatic rings. The molecule has 1 heterocycles. The van der Waals surface area contributed by atoms with E-state index < -0.39 is 0 Å². The van der Waals surface area contributed by atoms with Crippen molar-refractivity contribution >= 4 is 11.7 Å². The molecule has 0 aliphatic heterocycles. The van der Waals surface area contributed by atoms with E-state index in [1.54, 1.807) is 0 Å². The van der Waals surface area contributed by atoms with Crippen LogP contribution < -0.4 is 10.6 Å². The molecule has 0 radical (unpaired) electrons. The third kappa shape index (κ3) is 3.43. The average molecular weight is 308 g/mol. The van der Waals surface area contributed by atoms with Gasteiger partial charge in [0.1, 0.15) is 0 Å². The number of aryl methyl sites for hydroxylation is 2. The summed E-state index contributed by atoms with van der Waals surface area (Å²) >= 11 is 0. The Kier molecular flexibility index (Phi) is 5.11. The lowest BCUT2D eigenvalue weighted by Crippen LogP contribution is -2.46. The number of anilines is 1. The van der Waals surface area contributed by atoms with Gasteiger partial charge in [0.15, 0.2) is 0 Å². The lowest BCUT2D eigenvalue weighted by atomic mass is 9.73. The summed E-state index contributed by atoms with van der Waals surface area (Å²) in [7, 11) is 0. The zero-order valence-corrected chi connectivity index (χ0v) is 14.1. The summed E-state index contributed by atoms with van der Waals surface area (Å²) in [6, 6.07) is -0.235. The molecule has 0 saturated heterocycles.